The number of nitrogens with one attached hydrogen (secondary N) is 1. The van der Waals surface area contributed by atoms with Gasteiger partial charge in [0.25, 0.3) is 5.91 Å². The summed E-state index contributed by atoms with van der Waals surface area (Å²) in [7, 11) is 0. The van der Waals surface area contributed by atoms with Crippen LogP contribution in [0.3, 0.4) is 0 Å². The molecule has 0 unspecified atom stereocenters. The number of carbonyl (C=O) groups is 2. The monoisotopic (exact) mass is 312 g/mol. The van der Waals surface area contributed by atoms with E-state index in [9.17, 15) is 14.0 Å². The van der Waals surface area contributed by atoms with Gasteiger partial charge in [0, 0.05) is 17.8 Å². The number of amides is 2. The molecule has 2 aromatic rings. The first-order valence-corrected chi connectivity index (χ1v) is 7.43. The number of rotatable bonds is 3. The molecule has 118 valence electrons. The molecule has 0 saturated heterocycles. The molecule has 1 N–H and O–H groups in total. The molecule has 23 heavy (non-hydrogen) atoms. The topological polar surface area (TPSA) is 49.4 Å². The van der Waals surface area contributed by atoms with Gasteiger partial charge in [0.15, 0.2) is 0 Å². The third-order valence-corrected chi connectivity index (χ3v) is 4.14. The Balaban J connectivity index is 1.75. The Morgan fingerprint density at radius 1 is 1.26 bits per heavy atom. The van der Waals surface area contributed by atoms with Crippen LogP contribution < -0.4 is 5.32 Å². The van der Waals surface area contributed by atoms with E-state index in [1.807, 2.05) is 18.2 Å². The Bertz CT molecular complexity index is 788. The van der Waals surface area contributed by atoms with Gasteiger partial charge in [0.1, 0.15) is 11.9 Å². The molecule has 0 bridgehead atoms. The van der Waals surface area contributed by atoms with Gasteiger partial charge in [-0.1, -0.05) is 18.2 Å². The molecular weight excluding hydrogens is 295 g/mol. The Labute approximate surface area is 133 Å². The lowest BCUT2D eigenvalue weighted by molar-refractivity contribution is -0.120. The smallest absolute Gasteiger partial charge is 0.255 e. The van der Waals surface area contributed by atoms with E-state index in [-0.39, 0.29) is 17.6 Å². The average Bonchev–Trinajstić information content (AvgIpc) is 2.87. The first-order valence-electron chi connectivity index (χ1n) is 7.43. The molecule has 0 fully saturated rings. The van der Waals surface area contributed by atoms with Gasteiger partial charge in [-0.05, 0) is 49.2 Å². The maximum atomic E-state index is 13.1. The van der Waals surface area contributed by atoms with Gasteiger partial charge in [0.05, 0.1) is 0 Å². The van der Waals surface area contributed by atoms with Crippen molar-refractivity contribution < 1.29 is 14.0 Å². The van der Waals surface area contributed by atoms with Crippen LogP contribution >= 0.6 is 0 Å². The van der Waals surface area contributed by atoms with E-state index in [1.165, 1.54) is 18.2 Å². The Hall–Kier alpha value is -2.69. The minimum Gasteiger partial charge on any atom is -0.324 e. The van der Waals surface area contributed by atoms with Crippen molar-refractivity contribution in [2.45, 2.75) is 26.4 Å². The summed E-state index contributed by atoms with van der Waals surface area (Å²) in [4.78, 5) is 26.4. The largest absolute Gasteiger partial charge is 0.324 e. The fourth-order valence-corrected chi connectivity index (χ4v) is 2.74. The highest BCUT2D eigenvalue weighted by molar-refractivity contribution is 6.03. The molecule has 1 atom stereocenters. The lowest BCUT2D eigenvalue weighted by Crippen LogP contribution is -2.42. The minimum atomic E-state index is -0.612. The van der Waals surface area contributed by atoms with Gasteiger partial charge >= 0.3 is 0 Å². The van der Waals surface area contributed by atoms with Crippen LogP contribution in [0.4, 0.5) is 10.1 Å². The highest BCUT2D eigenvalue weighted by Crippen LogP contribution is 2.25. The first-order chi connectivity index (χ1) is 11.0. The van der Waals surface area contributed by atoms with E-state index in [0.717, 1.165) is 5.56 Å². The summed E-state index contributed by atoms with van der Waals surface area (Å²) in [5.41, 5.74) is 2.76. The number of hydrogen-bond acceptors (Lipinski definition) is 2. The van der Waals surface area contributed by atoms with E-state index in [2.05, 4.69) is 5.32 Å². The van der Waals surface area contributed by atoms with Crippen LogP contribution in [0.1, 0.15) is 28.4 Å². The molecule has 3 rings (SSSR count). The van der Waals surface area contributed by atoms with Crippen molar-refractivity contribution in [2.24, 2.45) is 0 Å². The fraction of sp³-hybridized carbons (Fsp3) is 0.222. The number of aryl methyl sites for hydroxylation is 1. The summed E-state index contributed by atoms with van der Waals surface area (Å²) in [6.07, 6.45) is 0. The summed E-state index contributed by atoms with van der Waals surface area (Å²) in [5.74, 6) is -0.779. The molecule has 5 heteroatoms. The number of halogens is 1. The average molecular weight is 312 g/mol. The molecular formula is C18H17FN2O2. The van der Waals surface area contributed by atoms with Gasteiger partial charge in [0.2, 0.25) is 5.91 Å². The van der Waals surface area contributed by atoms with Crippen LogP contribution in [0.15, 0.2) is 42.5 Å². The van der Waals surface area contributed by atoms with Crippen molar-refractivity contribution >= 4 is 17.5 Å². The SMILES string of the molecule is Cc1cc(F)ccc1NC(=O)[C@H](C)N1Cc2ccccc2C1=O. The molecule has 1 aliphatic rings. The predicted octanol–water partition coefficient (Wildman–Crippen LogP) is 3.12. The van der Waals surface area contributed by atoms with Crippen molar-refractivity contribution in [3.8, 4) is 0 Å². The quantitative estimate of drug-likeness (QED) is 0.946. The summed E-state index contributed by atoms with van der Waals surface area (Å²) in [5, 5.41) is 2.76. The standard InChI is InChI=1S/C18H17FN2O2/c1-11-9-14(19)7-8-16(11)20-17(22)12(2)21-10-13-5-3-4-6-15(13)18(21)23/h3-9,12H,10H2,1-2H3,(H,20,22)/t12-/m0/s1. The number of fused-ring (bicyclic) bond motifs is 1. The van der Waals surface area contributed by atoms with Gasteiger partial charge in [-0.3, -0.25) is 9.59 Å². The summed E-state index contributed by atoms with van der Waals surface area (Å²) >= 11 is 0. The molecule has 0 spiro atoms. The summed E-state index contributed by atoms with van der Waals surface area (Å²) in [6.45, 7) is 3.84. The van der Waals surface area contributed by atoms with E-state index in [1.54, 1.807) is 24.8 Å². The highest BCUT2D eigenvalue weighted by Gasteiger charge is 2.33. The van der Waals surface area contributed by atoms with Crippen molar-refractivity contribution in [3.63, 3.8) is 0 Å². The van der Waals surface area contributed by atoms with E-state index < -0.39 is 6.04 Å². The van der Waals surface area contributed by atoms with Crippen LogP contribution in [0.2, 0.25) is 0 Å². The normalized spacial score (nSPS) is 14.6. The molecule has 4 nitrogen and oxygen atoms in total. The van der Waals surface area contributed by atoms with Crippen molar-refractivity contribution in [1.82, 2.24) is 4.90 Å². The van der Waals surface area contributed by atoms with Crippen molar-refractivity contribution in [1.29, 1.82) is 0 Å². The number of carbonyl (C=O) groups excluding carboxylic acids is 2. The first kappa shape index (κ1) is 15.2. The molecule has 1 aliphatic heterocycles. The zero-order chi connectivity index (χ0) is 16.6. The van der Waals surface area contributed by atoms with Gasteiger partial charge in [-0.2, -0.15) is 0 Å². The van der Waals surface area contributed by atoms with Crippen LogP contribution in [0.5, 0.6) is 0 Å². The maximum Gasteiger partial charge on any atom is 0.255 e. The Kier molecular flexibility index (Phi) is 3.86. The second-order valence-electron chi connectivity index (χ2n) is 5.71. The molecule has 2 amide bonds. The molecule has 0 saturated carbocycles. The van der Waals surface area contributed by atoms with Gasteiger partial charge < -0.3 is 10.2 Å². The van der Waals surface area contributed by atoms with Gasteiger partial charge in [-0.15, -0.1) is 0 Å². The van der Waals surface area contributed by atoms with E-state index in [0.29, 0.717) is 23.4 Å². The lowest BCUT2D eigenvalue weighted by Gasteiger charge is -2.23. The van der Waals surface area contributed by atoms with Gasteiger partial charge in [-0.25, -0.2) is 4.39 Å². The lowest BCUT2D eigenvalue weighted by atomic mass is 10.1. The Morgan fingerprint density at radius 2 is 2.00 bits per heavy atom. The number of benzene rings is 2. The molecule has 2 aromatic carbocycles. The number of anilines is 1. The molecule has 0 aliphatic carbocycles. The third kappa shape index (κ3) is 2.82. The second-order valence-corrected chi connectivity index (χ2v) is 5.71. The zero-order valence-corrected chi connectivity index (χ0v) is 13.0. The third-order valence-electron chi connectivity index (χ3n) is 4.14. The highest BCUT2D eigenvalue weighted by atomic mass is 19.1. The van der Waals surface area contributed by atoms with Crippen molar-refractivity contribution in [2.75, 3.05) is 5.32 Å². The zero-order valence-electron chi connectivity index (χ0n) is 13.0. The summed E-state index contributed by atoms with van der Waals surface area (Å²) < 4.78 is 13.1. The summed E-state index contributed by atoms with van der Waals surface area (Å²) in [6, 6.07) is 10.9. The maximum absolute atomic E-state index is 13.1. The number of hydrogen-bond donors (Lipinski definition) is 1. The second kappa shape index (κ2) is 5.83. The molecule has 0 aromatic heterocycles. The van der Waals surface area contributed by atoms with Crippen LogP contribution in [0, 0.1) is 12.7 Å². The minimum absolute atomic E-state index is 0.140. The van der Waals surface area contributed by atoms with Crippen LogP contribution in [-0.2, 0) is 11.3 Å². The number of nitrogens with zero attached hydrogens (tertiary/aromatic N) is 1. The predicted molar refractivity (Wildman–Crippen MR) is 85.5 cm³/mol. The van der Waals surface area contributed by atoms with Crippen LogP contribution in [0.25, 0.3) is 0 Å². The van der Waals surface area contributed by atoms with E-state index >= 15 is 0 Å². The van der Waals surface area contributed by atoms with Crippen molar-refractivity contribution in [3.05, 3.63) is 65.0 Å². The molecule has 1 heterocycles. The molecule has 0 radical (unpaired) electrons. The Morgan fingerprint density at radius 3 is 2.70 bits per heavy atom. The van der Waals surface area contributed by atoms with E-state index in [4.69, 9.17) is 0 Å². The fourth-order valence-electron chi connectivity index (χ4n) is 2.74. The van der Waals surface area contributed by atoms with Crippen LogP contribution in [-0.4, -0.2) is 22.8 Å².